The molecular weight excluding hydrogens is 361 g/mol. The molecule has 1 unspecified atom stereocenters. The van der Waals surface area contributed by atoms with Gasteiger partial charge in [-0.3, -0.25) is 4.98 Å². The average molecular weight is 378 g/mol. The molecule has 0 fully saturated rings. The summed E-state index contributed by atoms with van der Waals surface area (Å²) in [6.45, 7) is 7.29. The Kier molecular flexibility index (Phi) is 5.41. The number of pyridine rings is 1. The molecule has 0 radical (unpaired) electrons. The summed E-state index contributed by atoms with van der Waals surface area (Å²) in [4.78, 5) is 7.57. The van der Waals surface area contributed by atoms with Gasteiger partial charge in [-0.05, 0) is 51.4 Å². The Bertz CT molecular complexity index is 740. The summed E-state index contributed by atoms with van der Waals surface area (Å²) in [7, 11) is -1.29. The molecule has 2 rings (SSSR count). The van der Waals surface area contributed by atoms with Crippen molar-refractivity contribution in [3.63, 3.8) is 0 Å². The molecule has 0 aliphatic rings. The van der Waals surface area contributed by atoms with Crippen molar-refractivity contribution in [2.75, 3.05) is 0 Å². The number of hydrogen-bond donors (Lipinski definition) is 1. The van der Waals surface area contributed by atoms with Crippen LogP contribution >= 0.6 is 11.5 Å². The molecule has 24 heavy (non-hydrogen) atoms. The fourth-order valence-corrected chi connectivity index (χ4v) is 3.17. The minimum absolute atomic E-state index is 0.193. The minimum Gasteiger partial charge on any atom is -0.252 e. The first-order valence-electron chi connectivity index (χ1n) is 7.04. The Morgan fingerprint density at radius 1 is 1.29 bits per heavy atom. The van der Waals surface area contributed by atoms with Gasteiger partial charge >= 0.3 is 6.18 Å². The van der Waals surface area contributed by atoms with Crippen LogP contribution in [0.25, 0.3) is 11.4 Å². The van der Waals surface area contributed by atoms with Crippen LogP contribution in [0.15, 0.2) is 18.3 Å². The second kappa shape index (κ2) is 6.85. The van der Waals surface area contributed by atoms with Crippen LogP contribution < -0.4 is 4.72 Å². The standard InChI is InChI=1S/C14H17F3N4OS2/c1-8(21-24(22)13(2,3)4)12-19-11(20-23-12)9-5-6-18-10(7-9)14(15,16)17/h5-8,21H,1-4H3/t8-,24?/m1/s1. The first kappa shape index (κ1) is 18.9. The molecule has 0 aliphatic heterocycles. The van der Waals surface area contributed by atoms with E-state index in [0.29, 0.717) is 5.01 Å². The Morgan fingerprint density at radius 3 is 2.54 bits per heavy atom. The summed E-state index contributed by atoms with van der Waals surface area (Å²) < 4.78 is 56.9. The first-order chi connectivity index (χ1) is 11.0. The molecule has 0 spiro atoms. The molecule has 0 aromatic carbocycles. The van der Waals surface area contributed by atoms with Crippen LogP contribution in [0, 0.1) is 0 Å². The minimum atomic E-state index is -4.52. The molecule has 0 amide bonds. The summed E-state index contributed by atoms with van der Waals surface area (Å²) in [5.74, 6) is 0.193. The van der Waals surface area contributed by atoms with Gasteiger partial charge in [0.15, 0.2) is 5.82 Å². The molecule has 132 valence electrons. The predicted molar refractivity (Wildman–Crippen MR) is 87.6 cm³/mol. The van der Waals surface area contributed by atoms with Crippen molar-refractivity contribution in [1.82, 2.24) is 19.1 Å². The summed E-state index contributed by atoms with van der Waals surface area (Å²) in [5.41, 5.74) is -0.750. The largest absolute Gasteiger partial charge is 0.433 e. The second-order valence-corrected chi connectivity index (χ2v) is 8.89. The Morgan fingerprint density at radius 2 is 1.96 bits per heavy atom. The maximum atomic E-state index is 12.7. The van der Waals surface area contributed by atoms with E-state index in [1.807, 2.05) is 20.8 Å². The number of nitrogens with zero attached hydrogens (tertiary/aromatic N) is 3. The highest BCUT2D eigenvalue weighted by molar-refractivity contribution is 7.84. The maximum absolute atomic E-state index is 12.7. The fraction of sp³-hybridized carbons (Fsp3) is 0.500. The van der Waals surface area contributed by atoms with Gasteiger partial charge < -0.3 is 0 Å². The topological polar surface area (TPSA) is 67.8 Å². The van der Waals surface area contributed by atoms with E-state index in [4.69, 9.17) is 0 Å². The molecule has 1 N–H and O–H groups in total. The third-order valence-electron chi connectivity index (χ3n) is 2.96. The summed E-state index contributed by atoms with van der Waals surface area (Å²) in [5, 5.41) is 0.549. The maximum Gasteiger partial charge on any atom is 0.433 e. The van der Waals surface area contributed by atoms with Crippen LogP contribution in [0.1, 0.15) is 44.4 Å². The molecule has 2 heterocycles. The van der Waals surface area contributed by atoms with Gasteiger partial charge in [0.2, 0.25) is 0 Å². The SMILES string of the molecule is C[C@@H](NS(=O)C(C)(C)C)c1nc(-c2ccnc(C(F)(F)F)c2)ns1. The van der Waals surface area contributed by atoms with E-state index in [0.717, 1.165) is 23.8 Å². The van der Waals surface area contributed by atoms with E-state index in [9.17, 15) is 17.4 Å². The molecule has 0 bridgehead atoms. The van der Waals surface area contributed by atoms with E-state index >= 15 is 0 Å². The van der Waals surface area contributed by atoms with Gasteiger partial charge in [0, 0.05) is 11.8 Å². The molecule has 2 aromatic rings. The van der Waals surface area contributed by atoms with Crippen LogP contribution in [-0.2, 0) is 17.2 Å². The number of nitrogens with one attached hydrogen (secondary N) is 1. The molecule has 0 saturated heterocycles. The molecule has 10 heteroatoms. The summed E-state index contributed by atoms with van der Waals surface area (Å²) in [6.07, 6.45) is -3.44. The van der Waals surface area contributed by atoms with Gasteiger partial charge in [0.25, 0.3) is 0 Å². The van der Waals surface area contributed by atoms with E-state index in [2.05, 4.69) is 19.1 Å². The fourth-order valence-electron chi connectivity index (χ4n) is 1.64. The first-order valence-corrected chi connectivity index (χ1v) is 8.96. The van der Waals surface area contributed by atoms with Crippen molar-refractivity contribution in [1.29, 1.82) is 0 Å². The molecule has 2 atom stereocenters. The average Bonchev–Trinajstić information content (AvgIpc) is 2.95. The molecule has 5 nitrogen and oxygen atoms in total. The van der Waals surface area contributed by atoms with E-state index in [-0.39, 0.29) is 17.4 Å². The highest BCUT2D eigenvalue weighted by Crippen LogP contribution is 2.30. The zero-order valence-electron chi connectivity index (χ0n) is 13.5. The summed E-state index contributed by atoms with van der Waals surface area (Å²) >= 11 is 1.06. The van der Waals surface area contributed by atoms with Crippen LogP contribution in [0.4, 0.5) is 13.2 Å². The molecule has 0 saturated carbocycles. The number of hydrogen-bond acceptors (Lipinski definition) is 5. The van der Waals surface area contributed by atoms with Crippen molar-refractivity contribution in [3.05, 3.63) is 29.0 Å². The van der Waals surface area contributed by atoms with E-state index in [1.165, 1.54) is 6.07 Å². The van der Waals surface area contributed by atoms with Crippen LogP contribution in [0.5, 0.6) is 0 Å². The number of aromatic nitrogens is 3. The van der Waals surface area contributed by atoms with E-state index < -0.39 is 27.6 Å². The third-order valence-corrected chi connectivity index (χ3v) is 5.54. The highest BCUT2D eigenvalue weighted by Gasteiger charge is 2.33. The van der Waals surface area contributed by atoms with Crippen LogP contribution in [0.3, 0.4) is 0 Å². The van der Waals surface area contributed by atoms with Crippen molar-refractivity contribution in [2.45, 2.75) is 44.7 Å². The lowest BCUT2D eigenvalue weighted by molar-refractivity contribution is -0.141. The van der Waals surface area contributed by atoms with Gasteiger partial charge in [0.1, 0.15) is 10.7 Å². The number of rotatable bonds is 4. The zero-order chi connectivity index (χ0) is 18.1. The van der Waals surface area contributed by atoms with Gasteiger partial charge in [-0.2, -0.15) is 17.5 Å². The Labute approximate surface area is 144 Å². The van der Waals surface area contributed by atoms with Gasteiger partial charge in [-0.15, -0.1) is 0 Å². The molecule has 2 aromatic heterocycles. The van der Waals surface area contributed by atoms with Crippen molar-refractivity contribution in [2.24, 2.45) is 0 Å². The third kappa shape index (κ3) is 4.58. The molecule has 0 aliphatic carbocycles. The highest BCUT2D eigenvalue weighted by atomic mass is 32.2. The van der Waals surface area contributed by atoms with Gasteiger partial charge in [0.05, 0.1) is 21.8 Å². The normalized spacial score (nSPS) is 15.3. The number of alkyl halides is 3. The molecular formula is C14H17F3N4OS2. The lowest BCUT2D eigenvalue weighted by Gasteiger charge is -2.20. The van der Waals surface area contributed by atoms with Gasteiger partial charge in [-0.1, -0.05) is 0 Å². The lowest BCUT2D eigenvalue weighted by Crippen LogP contribution is -2.34. The predicted octanol–water partition coefficient (Wildman–Crippen LogP) is 3.73. The lowest BCUT2D eigenvalue weighted by atomic mass is 10.2. The Hall–Kier alpha value is -1.39. The van der Waals surface area contributed by atoms with Crippen molar-refractivity contribution < 1.29 is 17.4 Å². The van der Waals surface area contributed by atoms with Gasteiger partial charge in [-0.25, -0.2) is 13.9 Å². The second-order valence-electron chi connectivity index (χ2n) is 6.10. The smallest absolute Gasteiger partial charge is 0.252 e. The number of halogens is 3. The van der Waals surface area contributed by atoms with Crippen LogP contribution in [-0.4, -0.2) is 23.3 Å². The van der Waals surface area contributed by atoms with Crippen molar-refractivity contribution in [3.8, 4) is 11.4 Å². The monoisotopic (exact) mass is 378 g/mol. The van der Waals surface area contributed by atoms with Crippen LogP contribution in [0.2, 0.25) is 0 Å². The Balaban J connectivity index is 2.21. The summed E-state index contributed by atoms with van der Waals surface area (Å²) in [6, 6.07) is 2.00. The van der Waals surface area contributed by atoms with Crippen molar-refractivity contribution >= 4 is 22.5 Å². The van der Waals surface area contributed by atoms with E-state index in [1.54, 1.807) is 6.92 Å². The quantitative estimate of drug-likeness (QED) is 0.880. The zero-order valence-corrected chi connectivity index (χ0v) is 15.1.